The number of nitrogens with zero attached hydrogens (tertiary/aromatic N) is 2. The lowest BCUT2D eigenvalue weighted by molar-refractivity contribution is -0.140. The number of benzene rings is 1. The predicted molar refractivity (Wildman–Crippen MR) is 109 cm³/mol. The van der Waals surface area contributed by atoms with Crippen LogP contribution in [0.2, 0.25) is 0 Å². The summed E-state index contributed by atoms with van der Waals surface area (Å²) in [5.74, 6) is 1.43. The minimum atomic E-state index is -4.44. The fourth-order valence-electron chi connectivity index (χ4n) is 2.09. The topological polar surface area (TPSA) is 81.8 Å². The highest BCUT2D eigenvalue weighted by atomic mass is 127. The molecule has 2 rings (SSSR count). The highest BCUT2D eigenvalue weighted by molar-refractivity contribution is 14.0. The summed E-state index contributed by atoms with van der Waals surface area (Å²) >= 11 is 0.899. The number of hydrogen-bond donors (Lipinski definition) is 2. The standard InChI is InChI=1S/C16H19F3N4O2S.HI/c1-24-11-4-3-10(7-12(11)25-2)5-6-21-15(20)22-8-14-23-13(9-26-14)16(17,18)19;/h3-4,7,9H,5-6,8H2,1-2H3,(H3,20,21,22);1H. The second-order valence-corrected chi connectivity index (χ2v) is 6.13. The molecule has 0 atom stereocenters. The SMILES string of the molecule is COc1ccc(CCNC(N)=NCc2nc(C(F)(F)F)cs2)cc1OC.I. The fraction of sp³-hybridized carbons (Fsp3) is 0.375. The van der Waals surface area contributed by atoms with Crippen LogP contribution in [0, 0.1) is 0 Å². The van der Waals surface area contributed by atoms with Gasteiger partial charge in [-0.1, -0.05) is 6.07 Å². The number of methoxy groups -OCH3 is 2. The summed E-state index contributed by atoms with van der Waals surface area (Å²) in [7, 11) is 3.13. The van der Waals surface area contributed by atoms with Crippen molar-refractivity contribution in [2.24, 2.45) is 10.7 Å². The van der Waals surface area contributed by atoms with Gasteiger partial charge in [0.1, 0.15) is 5.01 Å². The summed E-state index contributed by atoms with van der Waals surface area (Å²) in [6.45, 7) is 0.506. The van der Waals surface area contributed by atoms with Crippen molar-refractivity contribution in [2.45, 2.75) is 19.1 Å². The van der Waals surface area contributed by atoms with Crippen molar-refractivity contribution in [3.05, 3.63) is 39.8 Å². The first-order valence-electron chi connectivity index (χ1n) is 7.59. The van der Waals surface area contributed by atoms with Crippen LogP contribution in [0.25, 0.3) is 0 Å². The third-order valence-corrected chi connectivity index (χ3v) is 4.23. The maximum absolute atomic E-state index is 12.5. The summed E-state index contributed by atoms with van der Waals surface area (Å²) in [4.78, 5) is 7.50. The van der Waals surface area contributed by atoms with Crippen molar-refractivity contribution in [2.75, 3.05) is 20.8 Å². The van der Waals surface area contributed by atoms with Crippen LogP contribution in [0.1, 0.15) is 16.3 Å². The van der Waals surface area contributed by atoms with Gasteiger partial charge in [-0.2, -0.15) is 13.2 Å². The van der Waals surface area contributed by atoms with Crippen molar-refractivity contribution in [3.63, 3.8) is 0 Å². The zero-order valence-electron chi connectivity index (χ0n) is 14.7. The van der Waals surface area contributed by atoms with Gasteiger partial charge in [-0.05, 0) is 24.1 Å². The molecule has 11 heteroatoms. The Labute approximate surface area is 176 Å². The molecule has 0 aliphatic carbocycles. The van der Waals surface area contributed by atoms with Gasteiger partial charge in [-0.15, -0.1) is 35.3 Å². The molecule has 0 fully saturated rings. The summed E-state index contributed by atoms with van der Waals surface area (Å²) in [6, 6.07) is 5.58. The normalized spacial score (nSPS) is 11.7. The number of rotatable bonds is 7. The van der Waals surface area contributed by atoms with Crippen molar-refractivity contribution in [3.8, 4) is 11.5 Å². The maximum atomic E-state index is 12.5. The number of nitrogens with two attached hydrogens (primary N) is 1. The molecule has 0 bridgehead atoms. The number of ether oxygens (including phenoxy) is 2. The van der Waals surface area contributed by atoms with E-state index in [-0.39, 0.29) is 41.5 Å². The van der Waals surface area contributed by atoms with Gasteiger partial charge >= 0.3 is 6.18 Å². The Kier molecular flexibility index (Phi) is 9.09. The highest BCUT2D eigenvalue weighted by Crippen LogP contribution is 2.30. The highest BCUT2D eigenvalue weighted by Gasteiger charge is 2.33. The minimum Gasteiger partial charge on any atom is -0.493 e. The van der Waals surface area contributed by atoms with E-state index in [1.807, 2.05) is 18.2 Å². The van der Waals surface area contributed by atoms with Crippen molar-refractivity contribution < 1.29 is 22.6 Å². The van der Waals surface area contributed by atoms with E-state index in [0.29, 0.717) is 24.5 Å². The van der Waals surface area contributed by atoms with Crippen LogP contribution in [0.5, 0.6) is 11.5 Å². The van der Waals surface area contributed by atoms with Gasteiger partial charge in [0, 0.05) is 11.9 Å². The zero-order valence-corrected chi connectivity index (χ0v) is 17.8. The second-order valence-electron chi connectivity index (χ2n) is 5.19. The Morgan fingerprint density at radius 1 is 1.26 bits per heavy atom. The molecule has 0 radical (unpaired) electrons. The predicted octanol–water partition coefficient (Wildman–Crippen LogP) is 3.44. The van der Waals surface area contributed by atoms with Crippen LogP contribution in [0.3, 0.4) is 0 Å². The molecule has 0 saturated heterocycles. The van der Waals surface area contributed by atoms with Gasteiger partial charge < -0.3 is 20.5 Å². The fourth-order valence-corrected chi connectivity index (χ4v) is 2.82. The monoisotopic (exact) mass is 516 g/mol. The maximum Gasteiger partial charge on any atom is 0.434 e. The molecule has 0 amide bonds. The second kappa shape index (κ2) is 10.5. The summed E-state index contributed by atoms with van der Waals surface area (Å²) < 4.78 is 47.9. The van der Waals surface area contributed by atoms with E-state index >= 15 is 0 Å². The first-order chi connectivity index (χ1) is 12.3. The van der Waals surface area contributed by atoms with Gasteiger partial charge in [0.05, 0.1) is 20.8 Å². The molecular weight excluding hydrogens is 496 g/mol. The lowest BCUT2D eigenvalue weighted by Gasteiger charge is -2.10. The number of thiazole rings is 1. The third kappa shape index (κ3) is 7.05. The molecule has 6 nitrogen and oxygen atoms in total. The van der Waals surface area contributed by atoms with Gasteiger partial charge in [-0.3, -0.25) is 0 Å². The number of nitrogens with one attached hydrogen (secondary N) is 1. The number of alkyl halides is 3. The first-order valence-corrected chi connectivity index (χ1v) is 8.47. The van der Waals surface area contributed by atoms with Crippen molar-refractivity contribution in [1.29, 1.82) is 0 Å². The van der Waals surface area contributed by atoms with E-state index in [1.165, 1.54) is 0 Å². The molecule has 1 aromatic carbocycles. The molecular formula is C16H20F3IN4O2S. The molecule has 3 N–H and O–H groups in total. The Bertz CT molecular complexity index is 768. The number of hydrogen-bond acceptors (Lipinski definition) is 5. The van der Waals surface area contributed by atoms with E-state index in [2.05, 4.69) is 15.3 Å². The van der Waals surface area contributed by atoms with Crippen LogP contribution in [-0.2, 0) is 19.1 Å². The van der Waals surface area contributed by atoms with E-state index < -0.39 is 11.9 Å². The summed E-state index contributed by atoms with van der Waals surface area (Å²) in [5, 5.41) is 4.13. The lowest BCUT2D eigenvalue weighted by Crippen LogP contribution is -2.33. The largest absolute Gasteiger partial charge is 0.493 e. The van der Waals surface area contributed by atoms with Crippen LogP contribution >= 0.6 is 35.3 Å². The number of guanidine groups is 1. The summed E-state index contributed by atoms with van der Waals surface area (Å²) in [6.07, 6.45) is -3.78. The number of halogens is 4. The quantitative estimate of drug-likeness (QED) is 0.335. The Hall–Kier alpha value is -1.76. The molecule has 0 aliphatic heterocycles. The minimum absolute atomic E-state index is 0. The van der Waals surface area contributed by atoms with Crippen LogP contribution in [-0.4, -0.2) is 31.7 Å². The average Bonchev–Trinajstić information content (AvgIpc) is 3.09. The molecule has 0 aliphatic rings. The lowest BCUT2D eigenvalue weighted by atomic mass is 10.1. The average molecular weight is 516 g/mol. The number of aromatic nitrogens is 1. The van der Waals surface area contributed by atoms with Crippen molar-refractivity contribution in [1.82, 2.24) is 10.3 Å². The molecule has 27 heavy (non-hydrogen) atoms. The van der Waals surface area contributed by atoms with Crippen molar-refractivity contribution >= 4 is 41.3 Å². The van der Waals surface area contributed by atoms with Gasteiger partial charge in [0.25, 0.3) is 0 Å². The van der Waals surface area contributed by atoms with E-state index in [1.54, 1.807) is 14.2 Å². The number of aliphatic imine (C=N–C) groups is 1. The smallest absolute Gasteiger partial charge is 0.434 e. The van der Waals surface area contributed by atoms with Crippen LogP contribution < -0.4 is 20.5 Å². The molecule has 150 valence electrons. The van der Waals surface area contributed by atoms with Gasteiger partial charge in [0.2, 0.25) is 0 Å². The molecule has 0 unspecified atom stereocenters. The Morgan fingerprint density at radius 3 is 2.56 bits per heavy atom. The zero-order chi connectivity index (χ0) is 19.2. The van der Waals surface area contributed by atoms with Gasteiger partial charge in [0.15, 0.2) is 23.2 Å². The molecule has 1 heterocycles. The molecule has 2 aromatic rings. The van der Waals surface area contributed by atoms with E-state index in [0.717, 1.165) is 22.3 Å². The van der Waals surface area contributed by atoms with Crippen LogP contribution in [0.4, 0.5) is 13.2 Å². The van der Waals surface area contributed by atoms with E-state index in [4.69, 9.17) is 15.2 Å². The van der Waals surface area contributed by atoms with E-state index in [9.17, 15) is 13.2 Å². The molecule has 0 spiro atoms. The first kappa shape index (κ1) is 23.3. The molecule has 1 aromatic heterocycles. The summed E-state index contributed by atoms with van der Waals surface area (Å²) in [5.41, 5.74) is 5.83. The molecule has 0 saturated carbocycles. The third-order valence-electron chi connectivity index (χ3n) is 3.39. The Morgan fingerprint density at radius 2 is 1.96 bits per heavy atom. The van der Waals surface area contributed by atoms with Crippen LogP contribution in [0.15, 0.2) is 28.6 Å². The Balaban J connectivity index is 0.00000364. The van der Waals surface area contributed by atoms with Gasteiger partial charge in [-0.25, -0.2) is 9.98 Å².